The molecular formula is C13H22N4O2S. The number of hydrogen-bond donors (Lipinski definition) is 2. The molecule has 1 aliphatic rings. The molecule has 0 amide bonds. The van der Waals surface area contributed by atoms with E-state index in [1.165, 1.54) is 11.8 Å². The Morgan fingerprint density at radius 2 is 2.30 bits per heavy atom. The van der Waals surface area contributed by atoms with Gasteiger partial charge in [0.05, 0.1) is 18.8 Å². The lowest BCUT2D eigenvalue weighted by atomic mass is 10.2. The van der Waals surface area contributed by atoms with Gasteiger partial charge in [-0.2, -0.15) is 0 Å². The highest BCUT2D eigenvalue weighted by Crippen LogP contribution is 2.23. The van der Waals surface area contributed by atoms with Gasteiger partial charge in [0.15, 0.2) is 5.16 Å². The fraction of sp³-hybridized carbons (Fsp3) is 0.692. The average molecular weight is 298 g/mol. The van der Waals surface area contributed by atoms with Crippen LogP contribution in [0.25, 0.3) is 0 Å². The van der Waals surface area contributed by atoms with Crippen molar-refractivity contribution in [3.05, 3.63) is 6.07 Å². The molecule has 6 nitrogen and oxygen atoms in total. The van der Waals surface area contributed by atoms with Gasteiger partial charge in [-0.3, -0.25) is 0 Å². The van der Waals surface area contributed by atoms with E-state index in [2.05, 4.69) is 20.2 Å². The lowest BCUT2D eigenvalue weighted by Crippen LogP contribution is -2.48. The Morgan fingerprint density at radius 3 is 2.95 bits per heavy atom. The smallest absolute Gasteiger partial charge is 0.191 e. The monoisotopic (exact) mass is 298 g/mol. The number of nitrogens with one attached hydrogen (secondary N) is 1. The lowest BCUT2D eigenvalue weighted by Gasteiger charge is -2.36. The van der Waals surface area contributed by atoms with Crippen LogP contribution in [0.3, 0.4) is 0 Å². The minimum atomic E-state index is -0.158. The molecule has 1 fully saturated rings. The molecular weight excluding hydrogens is 276 g/mol. The number of ether oxygens (including phenoxy) is 1. The first-order valence-electron chi connectivity index (χ1n) is 6.84. The second-order valence-corrected chi connectivity index (χ2v) is 5.56. The van der Waals surface area contributed by atoms with Crippen molar-refractivity contribution in [2.75, 3.05) is 42.7 Å². The van der Waals surface area contributed by atoms with E-state index in [4.69, 9.17) is 4.74 Å². The minimum Gasteiger partial charge on any atom is -0.394 e. The maximum atomic E-state index is 9.31. The van der Waals surface area contributed by atoms with Crippen LogP contribution >= 0.6 is 11.8 Å². The molecule has 0 spiro atoms. The fourth-order valence-corrected chi connectivity index (χ4v) is 2.65. The standard InChI is InChI=1S/C13H22N4O2S/c1-4-14-11-5-12(16-13(15-11)20-3)17-6-9(2)19-10(7-17)8-18/h5,9-10,18H,4,6-8H2,1-3H3,(H,14,15,16). The fourth-order valence-electron chi connectivity index (χ4n) is 2.27. The van der Waals surface area contributed by atoms with Crippen molar-refractivity contribution in [3.8, 4) is 0 Å². The number of aliphatic hydroxyl groups excluding tert-OH is 1. The van der Waals surface area contributed by atoms with Crippen molar-refractivity contribution in [3.63, 3.8) is 0 Å². The zero-order chi connectivity index (χ0) is 14.5. The summed E-state index contributed by atoms with van der Waals surface area (Å²) in [6, 6.07) is 1.95. The van der Waals surface area contributed by atoms with Gasteiger partial charge in [-0.25, -0.2) is 9.97 Å². The van der Waals surface area contributed by atoms with Gasteiger partial charge in [-0.1, -0.05) is 11.8 Å². The summed E-state index contributed by atoms with van der Waals surface area (Å²) in [7, 11) is 0. The van der Waals surface area contributed by atoms with Crippen molar-refractivity contribution in [1.29, 1.82) is 0 Å². The van der Waals surface area contributed by atoms with Gasteiger partial charge in [0, 0.05) is 25.7 Å². The van der Waals surface area contributed by atoms with E-state index in [0.29, 0.717) is 6.54 Å². The van der Waals surface area contributed by atoms with Crippen LogP contribution in [-0.4, -0.2) is 59.8 Å². The summed E-state index contributed by atoms with van der Waals surface area (Å²) in [6.45, 7) is 6.32. The average Bonchev–Trinajstić information content (AvgIpc) is 2.46. The van der Waals surface area contributed by atoms with Gasteiger partial charge in [0.2, 0.25) is 0 Å². The minimum absolute atomic E-state index is 0.0291. The van der Waals surface area contributed by atoms with Crippen LogP contribution in [-0.2, 0) is 4.74 Å². The first-order chi connectivity index (χ1) is 9.66. The molecule has 0 aliphatic carbocycles. The highest BCUT2D eigenvalue weighted by atomic mass is 32.2. The van der Waals surface area contributed by atoms with Crippen LogP contribution in [0.2, 0.25) is 0 Å². The Morgan fingerprint density at radius 1 is 1.50 bits per heavy atom. The Balaban J connectivity index is 2.23. The van der Waals surface area contributed by atoms with Crippen LogP contribution in [0.1, 0.15) is 13.8 Å². The summed E-state index contributed by atoms with van der Waals surface area (Å²) < 4.78 is 5.67. The Hall–Kier alpha value is -1.05. The predicted molar refractivity (Wildman–Crippen MR) is 81.6 cm³/mol. The molecule has 0 bridgehead atoms. The SMILES string of the molecule is CCNc1cc(N2CC(C)OC(CO)C2)nc(SC)n1. The molecule has 1 aromatic rings. The van der Waals surface area contributed by atoms with Crippen LogP contribution < -0.4 is 10.2 Å². The Labute approximate surface area is 123 Å². The van der Waals surface area contributed by atoms with E-state index in [0.717, 1.165) is 29.9 Å². The topological polar surface area (TPSA) is 70.5 Å². The number of morpholine rings is 1. The molecule has 2 rings (SSSR count). The van der Waals surface area contributed by atoms with Crippen molar-refractivity contribution in [2.24, 2.45) is 0 Å². The number of nitrogens with zero attached hydrogens (tertiary/aromatic N) is 3. The second-order valence-electron chi connectivity index (χ2n) is 4.78. The summed E-state index contributed by atoms with van der Waals surface area (Å²) in [5, 5.41) is 13.3. The second kappa shape index (κ2) is 7.10. The summed E-state index contributed by atoms with van der Waals surface area (Å²) >= 11 is 1.52. The van der Waals surface area contributed by atoms with Gasteiger partial charge in [-0.15, -0.1) is 0 Å². The third-order valence-corrected chi connectivity index (χ3v) is 3.63. The number of anilines is 2. The van der Waals surface area contributed by atoms with E-state index < -0.39 is 0 Å². The van der Waals surface area contributed by atoms with Crippen LogP contribution in [0.4, 0.5) is 11.6 Å². The maximum absolute atomic E-state index is 9.31. The molecule has 7 heteroatoms. The van der Waals surface area contributed by atoms with Crippen LogP contribution in [0, 0.1) is 0 Å². The molecule has 2 heterocycles. The quantitative estimate of drug-likeness (QED) is 0.625. The van der Waals surface area contributed by atoms with Gasteiger partial charge in [-0.05, 0) is 20.1 Å². The molecule has 1 saturated heterocycles. The number of thioether (sulfide) groups is 1. The number of aromatic nitrogens is 2. The van der Waals surface area contributed by atoms with Crippen LogP contribution in [0.5, 0.6) is 0 Å². The van der Waals surface area contributed by atoms with Crippen molar-refractivity contribution < 1.29 is 9.84 Å². The molecule has 2 unspecified atom stereocenters. The van der Waals surface area contributed by atoms with Crippen LogP contribution in [0.15, 0.2) is 11.2 Å². The first-order valence-corrected chi connectivity index (χ1v) is 8.07. The van der Waals surface area contributed by atoms with E-state index in [1.807, 2.05) is 26.2 Å². The van der Waals surface area contributed by atoms with Crippen molar-refractivity contribution in [1.82, 2.24) is 9.97 Å². The van der Waals surface area contributed by atoms with E-state index in [-0.39, 0.29) is 18.8 Å². The normalized spacial score (nSPS) is 22.9. The molecule has 1 aromatic heterocycles. The number of hydrogen-bond acceptors (Lipinski definition) is 7. The maximum Gasteiger partial charge on any atom is 0.191 e. The van der Waals surface area contributed by atoms with Gasteiger partial charge in [0.25, 0.3) is 0 Å². The molecule has 1 aliphatic heterocycles. The molecule has 2 atom stereocenters. The number of aliphatic hydroxyl groups is 1. The Bertz CT molecular complexity index is 446. The first kappa shape index (κ1) is 15.3. The zero-order valence-electron chi connectivity index (χ0n) is 12.2. The predicted octanol–water partition coefficient (Wildman–Crippen LogP) is 1.22. The number of rotatable bonds is 5. The molecule has 0 saturated carbocycles. The van der Waals surface area contributed by atoms with Gasteiger partial charge < -0.3 is 20.1 Å². The van der Waals surface area contributed by atoms with Gasteiger partial charge >= 0.3 is 0 Å². The van der Waals surface area contributed by atoms with E-state index in [9.17, 15) is 5.11 Å². The molecule has 2 N–H and O–H groups in total. The zero-order valence-corrected chi connectivity index (χ0v) is 13.0. The summed E-state index contributed by atoms with van der Waals surface area (Å²) in [5.74, 6) is 1.72. The Kier molecular flexibility index (Phi) is 5.45. The van der Waals surface area contributed by atoms with Crippen molar-refractivity contribution in [2.45, 2.75) is 31.2 Å². The van der Waals surface area contributed by atoms with E-state index >= 15 is 0 Å². The summed E-state index contributed by atoms with van der Waals surface area (Å²) in [4.78, 5) is 11.1. The lowest BCUT2D eigenvalue weighted by molar-refractivity contribution is -0.0423. The molecule has 112 valence electrons. The van der Waals surface area contributed by atoms with E-state index in [1.54, 1.807) is 0 Å². The summed E-state index contributed by atoms with van der Waals surface area (Å²) in [6.07, 6.45) is 1.89. The molecule has 0 radical (unpaired) electrons. The third kappa shape index (κ3) is 3.74. The summed E-state index contributed by atoms with van der Waals surface area (Å²) in [5.41, 5.74) is 0. The molecule has 20 heavy (non-hydrogen) atoms. The highest BCUT2D eigenvalue weighted by molar-refractivity contribution is 7.98. The highest BCUT2D eigenvalue weighted by Gasteiger charge is 2.26. The molecule has 0 aromatic carbocycles. The van der Waals surface area contributed by atoms with Gasteiger partial charge in [0.1, 0.15) is 11.6 Å². The largest absolute Gasteiger partial charge is 0.394 e. The van der Waals surface area contributed by atoms with Crippen molar-refractivity contribution >= 4 is 23.4 Å². The third-order valence-electron chi connectivity index (χ3n) is 3.09.